The fourth-order valence-electron chi connectivity index (χ4n) is 3.03. The molecule has 0 spiro atoms. The van der Waals surface area contributed by atoms with Crippen LogP contribution in [0.4, 0.5) is 4.79 Å². The van der Waals surface area contributed by atoms with Gasteiger partial charge in [-0.2, -0.15) is 0 Å². The number of ether oxygens (including phenoxy) is 1. The maximum atomic E-state index is 12.0. The first-order valence-corrected chi connectivity index (χ1v) is 8.75. The normalized spacial score (nSPS) is 25.4. The summed E-state index contributed by atoms with van der Waals surface area (Å²) in [7, 11) is 2.19. The molecule has 0 radical (unpaired) electrons. The zero-order chi connectivity index (χ0) is 16.2. The zero-order valence-electron chi connectivity index (χ0n) is 14.7. The molecule has 2 N–H and O–H groups in total. The molecule has 1 amide bonds. The Labute approximate surface area is 135 Å². The van der Waals surface area contributed by atoms with E-state index in [-0.39, 0.29) is 12.1 Å². The smallest absolute Gasteiger partial charge is 0.407 e. The Hall–Kier alpha value is -0.810. The highest BCUT2D eigenvalue weighted by Crippen LogP contribution is 2.32. The van der Waals surface area contributed by atoms with Crippen LogP contribution in [-0.2, 0) is 4.74 Å². The van der Waals surface area contributed by atoms with Crippen molar-refractivity contribution in [2.75, 3.05) is 26.7 Å². The van der Waals surface area contributed by atoms with Crippen molar-refractivity contribution in [2.24, 2.45) is 5.92 Å². The first-order chi connectivity index (χ1) is 10.3. The summed E-state index contributed by atoms with van der Waals surface area (Å²) in [5.41, 5.74) is -0.433. The van der Waals surface area contributed by atoms with Crippen LogP contribution in [0.25, 0.3) is 0 Å². The van der Waals surface area contributed by atoms with E-state index >= 15 is 0 Å². The molecule has 2 rings (SSSR count). The largest absolute Gasteiger partial charge is 0.444 e. The number of hydrogen-bond acceptors (Lipinski definition) is 4. The van der Waals surface area contributed by atoms with E-state index < -0.39 is 5.60 Å². The van der Waals surface area contributed by atoms with Crippen LogP contribution in [0.15, 0.2) is 0 Å². The van der Waals surface area contributed by atoms with Gasteiger partial charge < -0.3 is 20.3 Å². The van der Waals surface area contributed by atoms with Crippen LogP contribution in [0.3, 0.4) is 0 Å². The molecule has 1 aliphatic heterocycles. The van der Waals surface area contributed by atoms with Crippen molar-refractivity contribution >= 4 is 6.09 Å². The van der Waals surface area contributed by atoms with Gasteiger partial charge in [0.15, 0.2) is 0 Å². The summed E-state index contributed by atoms with van der Waals surface area (Å²) in [5, 5.41) is 6.74. The van der Waals surface area contributed by atoms with Crippen molar-refractivity contribution in [1.29, 1.82) is 0 Å². The highest BCUT2D eigenvalue weighted by atomic mass is 16.6. The van der Waals surface area contributed by atoms with Crippen LogP contribution in [0, 0.1) is 5.92 Å². The summed E-state index contributed by atoms with van der Waals surface area (Å²) in [4.78, 5) is 14.4. The maximum absolute atomic E-state index is 12.0. The molecule has 2 fully saturated rings. The minimum Gasteiger partial charge on any atom is -0.444 e. The minimum atomic E-state index is -0.433. The average molecular weight is 311 g/mol. The van der Waals surface area contributed by atoms with Gasteiger partial charge in [-0.15, -0.1) is 0 Å². The maximum Gasteiger partial charge on any atom is 0.407 e. The van der Waals surface area contributed by atoms with Crippen LogP contribution in [0.5, 0.6) is 0 Å². The molecule has 0 aromatic rings. The number of amides is 1. The summed E-state index contributed by atoms with van der Waals surface area (Å²) >= 11 is 0. The summed E-state index contributed by atoms with van der Waals surface area (Å²) in [5.74, 6) is 0.619. The number of likely N-dealkylation sites (tertiary alicyclic amines) is 1. The number of nitrogens with one attached hydrogen (secondary N) is 2. The molecule has 2 unspecified atom stereocenters. The SMILES string of the molecule is CN1CCCC(NCC(NC(=O)OC(C)(C)C)C2CC2)CC1. The second kappa shape index (κ2) is 7.64. The Kier molecular flexibility index (Phi) is 6.09. The monoisotopic (exact) mass is 311 g/mol. The molecule has 1 saturated carbocycles. The molecule has 2 aliphatic rings. The van der Waals surface area contributed by atoms with E-state index in [1.807, 2.05) is 20.8 Å². The first-order valence-electron chi connectivity index (χ1n) is 8.75. The topological polar surface area (TPSA) is 53.6 Å². The third-order valence-corrected chi connectivity index (χ3v) is 4.47. The molecule has 2 atom stereocenters. The van der Waals surface area contributed by atoms with Crippen LogP contribution in [-0.4, -0.2) is 55.4 Å². The van der Waals surface area contributed by atoms with Crippen LogP contribution >= 0.6 is 0 Å². The Balaban J connectivity index is 1.76. The van der Waals surface area contributed by atoms with Gasteiger partial charge in [-0.3, -0.25) is 0 Å². The molecule has 128 valence electrons. The predicted molar refractivity (Wildman–Crippen MR) is 89.0 cm³/mol. The molecule has 0 aromatic heterocycles. The van der Waals surface area contributed by atoms with Crippen LogP contribution in [0.2, 0.25) is 0 Å². The van der Waals surface area contributed by atoms with Crippen LogP contribution in [0.1, 0.15) is 52.9 Å². The Bertz CT molecular complexity index is 363. The van der Waals surface area contributed by atoms with Gasteiger partial charge in [0.05, 0.1) is 0 Å². The van der Waals surface area contributed by atoms with Gasteiger partial charge in [0.2, 0.25) is 0 Å². The summed E-state index contributed by atoms with van der Waals surface area (Å²) < 4.78 is 5.39. The molecular formula is C17H33N3O2. The first kappa shape index (κ1) is 17.5. The molecule has 1 heterocycles. The number of carbonyl (C=O) groups excluding carboxylic acids is 1. The third kappa shape index (κ3) is 6.53. The number of hydrogen-bond donors (Lipinski definition) is 2. The van der Waals surface area contributed by atoms with Gasteiger partial charge in [0.1, 0.15) is 5.60 Å². The standard InChI is InChI=1S/C17H33N3O2/c1-17(2,3)22-16(21)19-15(13-7-8-13)12-18-14-6-5-10-20(4)11-9-14/h13-15,18H,5-12H2,1-4H3,(H,19,21). The Morgan fingerprint density at radius 1 is 1.23 bits per heavy atom. The minimum absolute atomic E-state index is 0.204. The van der Waals surface area contributed by atoms with Crippen molar-refractivity contribution in [2.45, 2.75) is 70.6 Å². The van der Waals surface area contributed by atoms with Crippen molar-refractivity contribution in [1.82, 2.24) is 15.5 Å². The van der Waals surface area contributed by atoms with E-state index in [1.165, 1.54) is 38.6 Å². The van der Waals surface area contributed by atoms with Crippen molar-refractivity contribution < 1.29 is 9.53 Å². The predicted octanol–water partition coefficient (Wildman–Crippen LogP) is 2.36. The van der Waals surface area contributed by atoms with E-state index in [0.29, 0.717) is 12.0 Å². The lowest BCUT2D eigenvalue weighted by atomic mass is 10.1. The van der Waals surface area contributed by atoms with Gasteiger partial charge in [0, 0.05) is 18.6 Å². The molecule has 5 heteroatoms. The van der Waals surface area contributed by atoms with Crippen LogP contribution < -0.4 is 10.6 Å². The lowest BCUT2D eigenvalue weighted by molar-refractivity contribution is 0.0496. The number of carbonyl (C=O) groups is 1. The molecule has 1 aliphatic carbocycles. The van der Waals surface area contributed by atoms with E-state index in [1.54, 1.807) is 0 Å². The number of rotatable bonds is 5. The summed E-state index contributed by atoms with van der Waals surface area (Å²) in [6.45, 7) is 8.92. The average Bonchev–Trinajstić information content (AvgIpc) is 3.20. The molecule has 22 heavy (non-hydrogen) atoms. The van der Waals surface area contributed by atoms with Crippen molar-refractivity contribution in [3.63, 3.8) is 0 Å². The highest BCUT2D eigenvalue weighted by Gasteiger charge is 2.33. The molecule has 5 nitrogen and oxygen atoms in total. The quantitative estimate of drug-likeness (QED) is 0.818. The van der Waals surface area contributed by atoms with Gasteiger partial charge in [-0.1, -0.05) is 0 Å². The second-order valence-electron chi connectivity index (χ2n) is 7.93. The van der Waals surface area contributed by atoms with Crippen molar-refractivity contribution in [3.05, 3.63) is 0 Å². The van der Waals surface area contributed by atoms with Gasteiger partial charge in [-0.05, 0) is 78.9 Å². The van der Waals surface area contributed by atoms with Gasteiger partial charge in [0.25, 0.3) is 0 Å². The molecular weight excluding hydrogens is 278 g/mol. The van der Waals surface area contributed by atoms with E-state index in [2.05, 4.69) is 22.6 Å². The third-order valence-electron chi connectivity index (χ3n) is 4.47. The Morgan fingerprint density at radius 2 is 1.95 bits per heavy atom. The summed E-state index contributed by atoms with van der Waals surface area (Å²) in [6.07, 6.45) is 5.83. The summed E-state index contributed by atoms with van der Waals surface area (Å²) in [6, 6.07) is 0.780. The second-order valence-corrected chi connectivity index (χ2v) is 7.93. The fraction of sp³-hybridized carbons (Fsp3) is 0.941. The number of alkyl carbamates (subject to hydrolysis) is 1. The fourth-order valence-corrected chi connectivity index (χ4v) is 3.03. The van der Waals surface area contributed by atoms with E-state index in [0.717, 1.165) is 13.1 Å². The lowest BCUT2D eigenvalue weighted by Gasteiger charge is -2.25. The van der Waals surface area contributed by atoms with E-state index in [4.69, 9.17) is 4.74 Å². The zero-order valence-corrected chi connectivity index (χ0v) is 14.7. The molecule has 0 bridgehead atoms. The Morgan fingerprint density at radius 3 is 2.59 bits per heavy atom. The van der Waals surface area contributed by atoms with Gasteiger partial charge >= 0.3 is 6.09 Å². The molecule has 1 saturated heterocycles. The number of nitrogens with zero attached hydrogens (tertiary/aromatic N) is 1. The van der Waals surface area contributed by atoms with Crippen molar-refractivity contribution in [3.8, 4) is 0 Å². The molecule has 0 aromatic carbocycles. The van der Waals surface area contributed by atoms with E-state index in [9.17, 15) is 4.79 Å². The van der Waals surface area contributed by atoms with Gasteiger partial charge in [-0.25, -0.2) is 4.79 Å². The lowest BCUT2D eigenvalue weighted by Crippen LogP contribution is -2.47. The highest BCUT2D eigenvalue weighted by molar-refractivity contribution is 5.68.